The molecule has 0 aliphatic rings. The van der Waals surface area contributed by atoms with Gasteiger partial charge >= 0.3 is 6.18 Å². The first-order valence-electron chi connectivity index (χ1n) is 3.88. The van der Waals surface area contributed by atoms with Gasteiger partial charge in [0.15, 0.2) is 5.69 Å². The van der Waals surface area contributed by atoms with Gasteiger partial charge in [-0.05, 0) is 13.8 Å². The number of halogens is 3. The lowest BCUT2D eigenvalue weighted by atomic mass is 10.4. The molecular formula is C8H8F3N2O. The molecule has 0 unspecified atom stereocenters. The summed E-state index contributed by atoms with van der Waals surface area (Å²) in [4.78, 5) is 6.55. The van der Waals surface area contributed by atoms with Crippen molar-refractivity contribution in [3.05, 3.63) is 18.1 Å². The lowest BCUT2D eigenvalue weighted by Gasteiger charge is -2.09. The van der Waals surface area contributed by atoms with E-state index in [0.29, 0.717) is 0 Å². The van der Waals surface area contributed by atoms with E-state index in [1.54, 1.807) is 13.8 Å². The Morgan fingerprint density at radius 1 is 1.36 bits per heavy atom. The number of aromatic nitrogens is 2. The van der Waals surface area contributed by atoms with Crippen LogP contribution in [0.15, 0.2) is 6.33 Å². The molecule has 0 amide bonds. The second-order valence-corrected chi connectivity index (χ2v) is 2.82. The van der Waals surface area contributed by atoms with Crippen LogP contribution in [0.1, 0.15) is 19.5 Å². The number of alkyl halides is 3. The van der Waals surface area contributed by atoms with Gasteiger partial charge < -0.3 is 4.74 Å². The Balaban J connectivity index is 2.90. The Kier molecular flexibility index (Phi) is 2.93. The van der Waals surface area contributed by atoms with E-state index in [9.17, 15) is 13.2 Å². The summed E-state index contributed by atoms with van der Waals surface area (Å²) in [6.45, 7) is 3.37. The van der Waals surface area contributed by atoms with Crippen LogP contribution >= 0.6 is 0 Å². The molecule has 77 valence electrons. The van der Waals surface area contributed by atoms with Crippen molar-refractivity contribution in [3.8, 4) is 5.88 Å². The van der Waals surface area contributed by atoms with Gasteiger partial charge in [-0.1, -0.05) is 0 Å². The van der Waals surface area contributed by atoms with Crippen LogP contribution in [0.25, 0.3) is 0 Å². The first kappa shape index (κ1) is 10.7. The highest BCUT2D eigenvalue weighted by atomic mass is 19.4. The molecule has 3 nitrogen and oxygen atoms in total. The summed E-state index contributed by atoms with van der Waals surface area (Å²) in [5, 5.41) is 0. The highest BCUT2D eigenvalue weighted by molar-refractivity contribution is 5.13. The molecule has 0 atom stereocenters. The molecule has 1 aromatic rings. The fourth-order valence-electron chi connectivity index (χ4n) is 0.732. The van der Waals surface area contributed by atoms with E-state index in [0.717, 1.165) is 6.33 Å². The van der Waals surface area contributed by atoms with E-state index in [4.69, 9.17) is 4.74 Å². The molecule has 1 rings (SSSR count). The lowest BCUT2D eigenvalue weighted by Crippen LogP contribution is -2.12. The maximum Gasteiger partial charge on any atom is 0.434 e. The zero-order valence-corrected chi connectivity index (χ0v) is 7.59. The second-order valence-electron chi connectivity index (χ2n) is 2.82. The van der Waals surface area contributed by atoms with E-state index in [1.807, 2.05) is 6.07 Å². The summed E-state index contributed by atoms with van der Waals surface area (Å²) in [5.41, 5.74) is -1.12. The molecule has 14 heavy (non-hydrogen) atoms. The molecule has 0 aromatic carbocycles. The molecule has 0 aliphatic heterocycles. The molecule has 1 aromatic heterocycles. The molecule has 6 heteroatoms. The number of hydrogen-bond donors (Lipinski definition) is 0. The normalized spacial score (nSPS) is 11.9. The van der Waals surface area contributed by atoms with Gasteiger partial charge in [0.2, 0.25) is 5.88 Å². The van der Waals surface area contributed by atoms with Crippen molar-refractivity contribution in [2.75, 3.05) is 0 Å². The van der Waals surface area contributed by atoms with Gasteiger partial charge in [-0.3, -0.25) is 0 Å². The van der Waals surface area contributed by atoms with Crippen LogP contribution in [0.4, 0.5) is 13.2 Å². The average Bonchev–Trinajstić information content (AvgIpc) is 2.01. The number of nitrogens with zero attached hydrogens (tertiary/aromatic N) is 2. The van der Waals surface area contributed by atoms with Gasteiger partial charge in [-0.25, -0.2) is 9.97 Å². The van der Waals surface area contributed by atoms with Crippen LogP contribution in [-0.4, -0.2) is 16.1 Å². The zero-order chi connectivity index (χ0) is 10.8. The van der Waals surface area contributed by atoms with Gasteiger partial charge in [0.05, 0.1) is 12.2 Å². The van der Waals surface area contributed by atoms with Gasteiger partial charge in [0.25, 0.3) is 0 Å². The Hall–Kier alpha value is -1.33. The van der Waals surface area contributed by atoms with Crippen LogP contribution in [0.5, 0.6) is 5.88 Å². The van der Waals surface area contributed by atoms with Gasteiger partial charge in [-0.2, -0.15) is 13.2 Å². The second kappa shape index (κ2) is 3.81. The van der Waals surface area contributed by atoms with Crippen molar-refractivity contribution in [1.82, 2.24) is 9.97 Å². The predicted molar refractivity (Wildman–Crippen MR) is 41.6 cm³/mol. The minimum Gasteiger partial charge on any atom is -0.474 e. The summed E-state index contributed by atoms with van der Waals surface area (Å²) < 4.78 is 41.3. The van der Waals surface area contributed by atoms with Crippen LogP contribution in [0.3, 0.4) is 0 Å². The summed E-state index contributed by atoms with van der Waals surface area (Å²) >= 11 is 0. The molecule has 0 fully saturated rings. The minimum absolute atomic E-state index is 0.192. The average molecular weight is 205 g/mol. The standard InChI is InChI=1S/C8H8F3N2O/c1-5(2)14-7-3-6(8(9,10)11)12-4-13-7/h4-5H,1-2H3. The van der Waals surface area contributed by atoms with Gasteiger partial charge in [0, 0.05) is 0 Å². The van der Waals surface area contributed by atoms with Crippen molar-refractivity contribution in [2.24, 2.45) is 0 Å². The summed E-state index contributed by atoms with van der Waals surface area (Å²) in [6.07, 6.45) is -3.96. The topological polar surface area (TPSA) is 35.0 Å². The van der Waals surface area contributed by atoms with Crippen molar-refractivity contribution in [3.63, 3.8) is 0 Å². The van der Waals surface area contributed by atoms with Crippen LogP contribution in [-0.2, 0) is 6.18 Å². The fraction of sp³-hybridized carbons (Fsp3) is 0.500. The van der Waals surface area contributed by atoms with Gasteiger partial charge in [-0.15, -0.1) is 0 Å². The highest BCUT2D eigenvalue weighted by Gasteiger charge is 2.33. The maximum atomic E-state index is 12.1. The molecule has 0 N–H and O–H groups in total. The summed E-state index contributed by atoms with van der Waals surface area (Å²) in [6, 6.07) is 1.95. The maximum absolute atomic E-state index is 12.1. The number of rotatable bonds is 2. The van der Waals surface area contributed by atoms with Crippen molar-refractivity contribution in [2.45, 2.75) is 26.1 Å². The molecule has 0 saturated heterocycles. The van der Waals surface area contributed by atoms with Crippen LogP contribution in [0.2, 0.25) is 0 Å². The Morgan fingerprint density at radius 2 is 2.00 bits per heavy atom. The monoisotopic (exact) mass is 205 g/mol. The third kappa shape index (κ3) is 2.86. The molecule has 0 bridgehead atoms. The van der Waals surface area contributed by atoms with E-state index in [-0.39, 0.29) is 12.0 Å². The molecule has 0 saturated carbocycles. The fourth-order valence-corrected chi connectivity index (χ4v) is 0.732. The Bertz CT molecular complexity index is 312. The van der Waals surface area contributed by atoms with Crippen LogP contribution < -0.4 is 4.74 Å². The third-order valence-corrected chi connectivity index (χ3v) is 1.20. The summed E-state index contributed by atoms with van der Waals surface area (Å²) in [7, 11) is 0. The van der Waals surface area contributed by atoms with Crippen LogP contribution in [0, 0.1) is 6.07 Å². The van der Waals surface area contributed by atoms with Crippen molar-refractivity contribution in [1.29, 1.82) is 0 Å². The van der Waals surface area contributed by atoms with E-state index < -0.39 is 11.9 Å². The summed E-state index contributed by atoms with van der Waals surface area (Å²) in [5.74, 6) is -0.192. The predicted octanol–water partition coefficient (Wildman–Crippen LogP) is 2.08. The van der Waals surface area contributed by atoms with Crippen molar-refractivity contribution >= 4 is 0 Å². The Labute approximate surface area is 78.9 Å². The number of ether oxygens (including phenoxy) is 1. The van der Waals surface area contributed by atoms with Gasteiger partial charge in [0.1, 0.15) is 6.33 Å². The zero-order valence-electron chi connectivity index (χ0n) is 7.59. The first-order chi connectivity index (χ1) is 6.39. The van der Waals surface area contributed by atoms with E-state index >= 15 is 0 Å². The largest absolute Gasteiger partial charge is 0.474 e. The minimum atomic E-state index is -4.52. The molecular weight excluding hydrogens is 197 g/mol. The molecule has 1 radical (unpaired) electrons. The Morgan fingerprint density at radius 3 is 2.50 bits per heavy atom. The van der Waals surface area contributed by atoms with Crippen molar-refractivity contribution < 1.29 is 17.9 Å². The molecule has 0 aliphatic carbocycles. The third-order valence-electron chi connectivity index (χ3n) is 1.20. The molecule has 1 heterocycles. The highest BCUT2D eigenvalue weighted by Crippen LogP contribution is 2.28. The SMILES string of the molecule is CC(C)Oc1[c]c(C(F)(F)F)ncn1. The quantitative estimate of drug-likeness (QED) is 0.741. The molecule has 0 spiro atoms. The number of hydrogen-bond acceptors (Lipinski definition) is 3. The smallest absolute Gasteiger partial charge is 0.434 e. The first-order valence-corrected chi connectivity index (χ1v) is 3.88. The van der Waals surface area contributed by atoms with E-state index in [2.05, 4.69) is 9.97 Å². The lowest BCUT2D eigenvalue weighted by molar-refractivity contribution is -0.141. The van der Waals surface area contributed by atoms with E-state index in [1.165, 1.54) is 0 Å².